The van der Waals surface area contributed by atoms with Gasteiger partial charge in [0.15, 0.2) is 0 Å². The second-order valence-corrected chi connectivity index (χ2v) is 5.36. The smallest absolute Gasteiger partial charge is 0.261 e. The number of benzene rings is 2. The molecular weight excluding hydrogens is 325 g/mol. The Morgan fingerprint density at radius 3 is 2.64 bits per heavy atom. The lowest BCUT2D eigenvalue weighted by Gasteiger charge is -2.19. The number of hydrogen-bond donors (Lipinski definition) is 1. The van der Waals surface area contributed by atoms with Crippen LogP contribution in [-0.2, 0) is 16.1 Å². The van der Waals surface area contributed by atoms with E-state index in [1.165, 1.54) is 12.3 Å². The van der Waals surface area contributed by atoms with Crippen molar-refractivity contribution in [1.82, 2.24) is 5.32 Å². The van der Waals surface area contributed by atoms with Crippen molar-refractivity contribution >= 4 is 17.4 Å². The molecule has 1 aliphatic rings. The number of imide groups is 1. The second-order valence-electron chi connectivity index (χ2n) is 5.36. The number of carbonyl (C=O) groups is 2. The quantitative estimate of drug-likeness (QED) is 0.516. The maximum Gasteiger partial charge on any atom is 0.261 e. The third-order valence-corrected chi connectivity index (χ3v) is 3.72. The van der Waals surface area contributed by atoms with Gasteiger partial charge in [-0.2, -0.15) is 0 Å². The Hall–Kier alpha value is -3.15. The summed E-state index contributed by atoms with van der Waals surface area (Å²) in [5, 5.41) is 2.26. The average Bonchev–Trinajstić information content (AvgIpc) is 2.60. The van der Waals surface area contributed by atoms with Crippen LogP contribution < -0.4 is 10.1 Å². The molecule has 25 heavy (non-hydrogen) atoms. The molecule has 3 rings (SSSR count). The van der Waals surface area contributed by atoms with Gasteiger partial charge in [0, 0.05) is 16.7 Å². The fourth-order valence-corrected chi connectivity index (χ4v) is 2.45. The van der Waals surface area contributed by atoms with E-state index in [-0.39, 0.29) is 18.0 Å². The maximum atomic E-state index is 13.7. The van der Waals surface area contributed by atoms with Crippen LogP contribution in [0.5, 0.6) is 5.75 Å². The summed E-state index contributed by atoms with van der Waals surface area (Å²) in [4.78, 5) is 24.0. The third kappa shape index (κ3) is 3.52. The average molecular weight is 341 g/mol. The molecule has 128 valence electrons. The summed E-state index contributed by atoms with van der Waals surface area (Å²) in [6.07, 6.45) is 1.32. The molecule has 0 atom stereocenters. The van der Waals surface area contributed by atoms with Gasteiger partial charge >= 0.3 is 0 Å². The van der Waals surface area contributed by atoms with E-state index >= 15 is 0 Å². The maximum absolute atomic E-state index is 13.7. The zero-order valence-corrected chi connectivity index (χ0v) is 13.5. The Morgan fingerprint density at radius 2 is 1.88 bits per heavy atom. The molecule has 0 unspecified atom stereocenters. The summed E-state index contributed by atoms with van der Waals surface area (Å²) in [6.45, 7) is 2.22. The van der Waals surface area contributed by atoms with Crippen molar-refractivity contribution in [3.8, 4) is 5.75 Å². The number of ether oxygens (including phenoxy) is 2. The lowest BCUT2D eigenvalue weighted by atomic mass is 9.95. The van der Waals surface area contributed by atoms with Crippen LogP contribution in [0.15, 0.2) is 48.7 Å². The molecule has 2 aromatic rings. The zero-order valence-electron chi connectivity index (χ0n) is 13.5. The third-order valence-electron chi connectivity index (χ3n) is 3.72. The Labute approximate surface area is 144 Å². The zero-order chi connectivity index (χ0) is 17.8. The molecule has 2 amide bonds. The SMILES string of the molecule is CCO/C=C1\C(=O)NC(=O)c2ccc(OCc3ccccc3F)cc21. The number of carbonyl (C=O) groups excluding carboxylic acids is 2. The molecule has 1 heterocycles. The number of amides is 2. The molecule has 0 bridgehead atoms. The van der Waals surface area contributed by atoms with Crippen molar-refractivity contribution in [1.29, 1.82) is 0 Å². The Morgan fingerprint density at radius 1 is 1.08 bits per heavy atom. The molecule has 0 saturated carbocycles. The first-order chi connectivity index (χ1) is 12.1. The minimum atomic E-state index is -0.530. The number of halogens is 1. The van der Waals surface area contributed by atoms with E-state index < -0.39 is 11.8 Å². The summed E-state index contributed by atoms with van der Waals surface area (Å²) < 4.78 is 24.5. The van der Waals surface area contributed by atoms with Gasteiger partial charge in [-0.15, -0.1) is 0 Å². The first kappa shape index (κ1) is 16.7. The predicted molar refractivity (Wildman–Crippen MR) is 89.3 cm³/mol. The summed E-state index contributed by atoms with van der Waals surface area (Å²) in [6, 6.07) is 11.1. The summed E-state index contributed by atoms with van der Waals surface area (Å²) in [5.74, 6) is -0.939. The molecule has 0 fully saturated rings. The van der Waals surface area contributed by atoms with E-state index in [0.717, 1.165) is 0 Å². The number of nitrogens with one attached hydrogen (secondary N) is 1. The Kier molecular flexibility index (Phi) is 4.79. The minimum Gasteiger partial charge on any atom is -0.501 e. The largest absolute Gasteiger partial charge is 0.501 e. The van der Waals surface area contributed by atoms with Crippen molar-refractivity contribution in [3.63, 3.8) is 0 Å². The van der Waals surface area contributed by atoms with Crippen LogP contribution in [0.25, 0.3) is 5.57 Å². The highest BCUT2D eigenvalue weighted by Gasteiger charge is 2.28. The van der Waals surface area contributed by atoms with E-state index in [1.807, 2.05) is 0 Å². The van der Waals surface area contributed by atoms with E-state index in [0.29, 0.717) is 29.0 Å². The topological polar surface area (TPSA) is 64.6 Å². The van der Waals surface area contributed by atoms with E-state index in [2.05, 4.69) is 5.32 Å². The van der Waals surface area contributed by atoms with Crippen molar-refractivity contribution in [3.05, 3.63) is 71.2 Å². The van der Waals surface area contributed by atoms with Crippen LogP contribution in [-0.4, -0.2) is 18.4 Å². The molecule has 0 radical (unpaired) electrons. The van der Waals surface area contributed by atoms with Gasteiger partial charge < -0.3 is 9.47 Å². The standard InChI is InChI=1S/C19H16FNO4/c1-2-24-11-16-15-9-13(7-8-14(15)18(22)21-19(16)23)25-10-12-5-3-4-6-17(12)20/h3-9,11H,2,10H2,1H3,(H,21,22,23)/b16-11-. The molecule has 0 saturated heterocycles. The van der Waals surface area contributed by atoms with Gasteiger partial charge in [0.25, 0.3) is 11.8 Å². The fraction of sp³-hybridized carbons (Fsp3) is 0.158. The number of rotatable bonds is 5. The molecule has 0 spiro atoms. The van der Waals surface area contributed by atoms with Gasteiger partial charge in [0.2, 0.25) is 0 Å². The summed E-state index contributed by atoms with van der Waals surface area (Å²) in [5.41, 5.74) is 1.43. The molecule has 5 nitrogen and oxygen atoms in total. The molecule has 2 aromatic carbocycles. The van der Waals surface area contributed by atoms with Gasteiger partial charge in [-0.1, -0.05) is 18.2 Å². The van der Waals surface area contributed by atoms with E-state index in [1.54, 1.807) is 43.3 Å². The first-order valence-electron chi connectivity index (χ1n) is 7.78. The first-order valence-corrected chi connectivity index (χ1v) is 7.78. The van der Waals surface area contributed by atoms with Crippen molar-refractivity contribution < 1.29 is 23.5 Å². The highest BCUT2D eigenvalue weighted by atomic mass is 19.1. The predicted octanol–water partition coefficient (Wildman–Crippen LogP) is 3.05. The van der Waals surface area contributed by atoms with Gasteiger partial charge in [-0.05, 0) is 31.2 Å². The van der Waals surface area contributed by atoms with E-state index in [9.17, 15) is 14.0 Å². The van der Waals surface area contributed by atoms with Gasteiger partial charge in [0.05, 0.1) is 18.4 Å². The van der Waals surface area contributed by atoms with Crippen molar-refractivity contribution in [2.45, 2.75) is 13.5 Å². The molecule has 0 aliphatic carbocycles. The van der Waals surface area contributed by atoms with Crippen LogP contribution in [0.1, 0.15) is 28.4 Å². The van der Waals surface area contributed by atoms with Crippen LogP contribution in [0.4, 0.5) is 4.39 Å². The molecular formula is C19H16FNO4. The molecule has 6 heteroatoms. The van der Waals surface area contributed by atoms with Gasteiger partial charge in [-0.25, -0.2) is 4.39 Å². The molecule has 1 N–H and O–H groups in total. The Bertz CT molecular complexity index is 860. The highest BCUT2D eigenvalue weighted by Crippen LogP contribution is 2.28. The summed E-state index contributed by atoms with van der Waals surface area (Å²) >= 11 is 0. The fourth-order valence-electron chi connectivity index (χ4n) is 2.45. The van der Waals surface area contributed by atoms with Crippen molar-refractivity contribution in [2.24, 2.45) is 0 Å². The van der Waals surface area contributed by atoms with E-state index in [4.69, 9.17) is 9.47 Å². The van der Waals surface area contributed by atoms with Crippen LogP contribution in [0, 0.1) is 5.82 Å². The number of hydrogen-bond acceptors (Lipinski definition) is 4. The summed E-state index contributed by atoms with van der Waals surface area (Å²) in [7, 11) is 0. The van der Waals surface area contributed by atoms with Gasteiger partial charge in [-0.3, -0.25) is 14.9 Å². The normalized spacial score (nSPS) is 14.9. The lowest BCUT2D eigenvalue weighted by Crippen LogP contribution is -2.36. The lowest BCUT2D eigenvalue weighted by molar-refractivity contribution is -0.114. The van der Waals surface area contributed by atoms with Crippen molar-refractivity contribution in [2.75, 3.05) is 6.61 Å². The second kappa shape index (κ2) is 7.17. The minimum absolute atomic E-state index is 0.0378. The highest BCUT2D eigenvalue weighted by molar-refractivity contribution is 6.30. The van der Waals surface area contributed by atoms with Crippen LogP contribution in [0.3, 0.4) is 0 Å². The molecule has 1 aliphatic heterocycles. The monoisotopic (exact) mass is 341 g/mol. The molecule has 0 aromatic heterocycles. The Balaban J connectivity index is 1.89. The number of fused-ring (bicyclic) bond motifs is 1. The van der Waals surface area contributed by atoms with Crippen LogP contribution in [0.2, 0.25) is 0 Å². The van der Waals surface area contributed by atoms with Crippen LogP contribution >= 0.6 is 0 Å². The van der Waals surface area contributed by atoms with Gasteiger partial charge in [0.1, 0.15) is 18.2 Å².